The molecular weight excluding hydrogens is 347 g/mol. The van der Waals surface area contributed by atoms with E-state index in [9.17, 15) is 18.0 Å². The number of nitrogens with one attached hydrogen (secondary N) is 1. The van der Waals surface area contributed by atoms with Crippen molar-refractivity contribution in [3.63, 3.8) is 0 Å². The van der Waals surface area contributed by atoms with Gasteiger partial charge in [0, 0.05) is 13.1 Å². The molecule has 0 saturated carbocycles. The number of halogens is 3. The van der Waals surface area contributed by atoms with E-state index in [2.05, 4.69) is 24.4 Å². The number of amidine groups is 1. The molecule has 26 heavy (non-hydrogen) atoms. The molecule has 1 aromatic rings. The molecule has 0 spiro atoms. The number of hydrazone groups is 1. The fourth-order valence-corrected chi connectivity index (χ4v) is 3.16. The molecule has 144 valence electrons. The van der Waals surface area contributed by atoms with Crippen LogP contribution < -0.4 is 5.43 Å². The molecule has 1 heterocycles. The number of carbonyl (C=O) groups is 1. The molecule has 1 saturated heterocycles. The van der Waals surface area contributed by atoms with Crippen molar-refractivity contribution in [2.75, 3.05) is 25.1 Å². The van der Waals surface area contributed by atoms with Gasteiger partial charge in [-0.15, -0.1) is 5.10 Å². The third-order valence-corrected chi connectivity index (χ3v) is 4.11. The average Bonchev–Trinajstić information content (AvgIpc) is 2.54. The number of anilines is 1. The third-order valence-electron chi connectivity index (χ3n) is 4.11. The zero-order chi connectivity index (χ0) is 19.3. The first-order valence-corrected chi connectivity index (χ1v) is 8.63. The summed E-state index contributed by atoms with van der Waals surface area (Å²) in [6, 6.07) is 4.68. The molecule has 1 N–H and O–H groups in total. The van der Waals surface area contributed by atoms with E-state index < -0.39 is 17.7 Å². The van der Waals surface area contributed by atoms with Crippen molar-refractivity contribution in [2.24, 2.45) is 16.9 Å². The van der Waals surface area contributed by atoms with E-state index in [1.54, 1.807) is 6.92 Å². The maximum Gasteiger partial charge on any atom is 0.416 e. The quantitative estimate of drug-likeness (QED) is 0.378. The zero-order valence-electron chi connectivity index (χ0n) is 15.1. The SMILES string of the molecule is CCOC(=O)/C(=N/Nc1cccc(C(F)(F)F)c1)N1C[C@@H](C)C[C@H](C)C1. The van der Waals surface area contributed by atoms with Crippen molar-refractivity contribution >= 4 is 17.5 Å². The Labute approximate surface area is 151 Å². The molecule has 1 aromatic carbocycles. The zero-order valence-corrected chi connectivity index (χ0v) is 15.1. The lowest BCUT2D eigenvalue weighted by Gasteiger charge is -2.36. The van der Waals surface area contributed by atoms with Crippen molar-refractivity contribution in [1.82, 2.24) is 4.90 Å². The lowest BCUT2D eigenvalue weighted by Crippen LogP contribution is -2.46. The molecule has 0 aromatic heterocycles. The van der Waals surface area contributed by atoms with Crippen LogP contribution in [0.4, 0.5) is 18.9 Å². The van der Waals surface area contributed by atoms with Crippen LogP contribution in [0.25, 0.3) is 0 Å². The van der Waals surface area contributed by atoms with Crippen molar-refractivity contribution in [1.29, 1.82) is 0 Å². The molecule has 2 rings (SSSR count). The highest BCUT2D eigenvalue weighted by molar-refractivity contribution is 6.35. The van der Waals surface area contributed by atoms with E-state index in [-0.39, 0.29) is 18.1 Å². The van der Waals surface area contributed by atoms with Gasteiger partial charge < -0.3 is 9.64 Å². The summed E-state index contributed by atoms with van der Waals surface area (Å²) in [5, 5.41) is 4.08. The van der Waals surface area contributed by atoms with E-state index in [0.29, 0.717) is 24.9 Å². The fourth-order valence-electron chi connectivity index (χ4n) is 3.16. The number of carbonyl (C=O) groups excluding carboxylic acids is 1. The van der Waals surface area contributed by atoms with Gasteiger partial charge in [-0.1, -0.05) is 19.9 Å². The maximum absolute atomic E-state index is 12.8. The third kappa shape index (κ3) is 5.37. The molecule has 5 nitrogen and oxygen atoms in total. The van der Waals surface area contributed by atoms with E-state index in [0.717, 1.165) is 18.6 Å². The minimum Gasteiger partial charge on any atom is -0.460 e. The second kappa shape index (κ2) is 8.42. The molecule has 1 fully saturated rings. The normalized spacial score (nSPS) is 21.5. The second-order valence-corrected chi connectivity index (χ2v) is 6.70. The first kappa shape index (κ1) is 20.1. The van der Waals surface area contributed by atoms with Gasteiger partial charge in [0.2, 0.25) is 5.84 Å². The summed E-state index contributed by atoms with van der Waals surface area (Å²) in [6.45, 7) is 7.35. The summed E-state index contributed by atoms with van der Waals surface area (Å²) in [5.74, 6) is 0.259. The smallest absolute Gasteiger partial charge is 0.416 e. The van der Waals surface area contributed by atoms with Crippen molar-refractivity contribution in [2.45, 2.75) is 33.4 Å². The van der Waals surface area contributed by atoms with Gasteiger partial charge in [0.1, 0.15) is 0 Å². The first-order chi connectivity index (χ1) is 12.2. The molecule has 8 heteroatoms. The van der Waals surface area contributed by atoms with Crippen molar-refractivity contribution in [3.05, 3.63) is 29.8 Å². The van der Waals surface area contributed by atoms with Crippen LogP contribution in [-0.2, 0) is 15.7 Å². The Morgan fingerprint density at radius 2 is 1.96 bits per heavy atom. The summed E-state index contributed by atoms with van der Waals surface area (Å²) in [6.07, 6.45) is -3.39. The summed E-state index contributed by atoms with van der Waals surface area (Å²) in [4.78, 5) is 14.1. The Kier molecular flexibility index (Phi) is 6.50. The van der Waals surface area contributed by atoms with Crippen LogP contribution in [0.3, 0.4) is 0 Å². The number of rotatable bonds is 3. The minimum absolute atomic E-state index is 0.0858. The molecule has 1 aliphatic heterocycles. The predicted octanol–water partition coefficient (Wildman–Crippen LogP) is 3.97. The Morgan fingerprint density at radius 1 is 1.31 bits per heavy atom. The summed E-state index contributed by atoms with van der Waals surface area (Å²) < 4.78 is 43.5. The van der Waals surface area contributed by atoms with Gasteiger partial charge in [-0.25, -0.2) is 4.79 Å². The molecule has 0 bridgehead atoms. The molecule has 0 aliphatic carbocycles. The van der Waals surface area contributed by atoms with Gasteiger partial charge >= 0.3 is 12.1 Å². The lowest BCUT2D eigenvalue weighted by atomic mass is 9.92. The Morgan fingerprint density at radius 3 is 2.54 bits per heavy atom. The standard InChI is InChI=1S/C18H24F3N3O2/c1-4-26-17(25)16(24-10-12(2)8-13(3)11-24)23-22-15-7-5-6-14(9-15)18(19,20)21/h5-7,9,12-13,22H,4,8,10-11H2,1-3H3/b23-16-/t12-,13-/m0/s1. The fraction of sp³-hybridized carbons (Fsp3) is 0.556. The minimum atomic E-state index is -4.44. The highest BCUT2D eigenvalue weighted by Gasteiger charge is 2.31. The maximum atomic E-state index is 12.8. The Hall–Kier alpha value is -2.25. The van der Waals surface area contributed by atoms with Gasteiger partial charge in [-0.3, -0.25) is 5.43 Å². The average molecular weight is 371 g/mol. The number of alkyl halides is 3. The molecule has 0 unspecified atom stereocenters. The van der Waals surface area contributed by atoms with Gasteiger partial charge in [0.05, 0.1) is 17.9 Å². The van der Waals surface area contributed by atoms with Crippen LogP contribution in [0.1, 0.15) is 32.8 Å². The van der Waals surface area contributed by atoms with Crippen molar-refractivity contribution < 1.29 is 22.7 Å². The highest BCUT2D eigenvalue weighted by atomic mass is 19.4. The summed E-state index contributed by atoms with van der Waals surface area (Å²) in [7, 11) is 0. The number of esters is 1. The van der Waals surface area contributed by atoms with E-state index in [1.807, 2.05) is 4.90 Å². The van der Waals surface area contributed by atoms with Crippen molar-refractivity contribution in [3.8, 4) is 0 Å². The van der Waals surface area contributed by atoms with Gasteiger partial charge in [-0.2, -0.15) is 13.2 Å². The van der Waals surface area contributed by atoms with Crippen LogP contribution in [0.15, 0.2) is 29.4 Å². The number of hydrogen-bond donors (Lipinski definition) is 1. The van der Waals surface area contributed by atoms with E-state index >= 15 is 0 Å². The molecule has 2 atom stereocenters. The van der Waals surface area contributed by atoms with Gasteiger partial charge in [-0.05, 0) is 43.4 Å². The van der Waals surface area contributed by atoms with Crippen LogP contribution in [-0.4, -0.2) is 36.4 Å². The second-order valence-electron chi connectivity index (χ2n) is 6.70. The van der Waals surface area contributed by atoms with E-state index in [1.165, 1.54) is 12.1 Å². The highest BCUT2D eigenvalue weighted by Crippen LogP contribution is 2.30. The predicted molar refractivity (Wildman–Crippen MR) is 93.7 cm³/mol. The number of hydrogen-bond acceptors (Lipinski definition) is 4. The molecule has 1 aliphatic rings. The Balaban J connectivity index is 2.24. The monoisotopic (exact) mass is 371 g/mol. The number of nitrogens with zero attached hydrogens (tertiary/aromatic N) is 2. The number of ether oxygens (including phenoxy) is 1. The lowest BCUT2D eigenvalue weighted by molar-refractivity contribution is -0.138. The largest absolute Gasteiger partial charge is 0.460 e. The molecule has 0 radical (unpaired) electrons. The van der Waals surface area contributed by atoms with Crippen LogP contribution in [0, 0.1) is 11.8 Å². The Bertz CT molecular complexity index is 651. The molecule has 0 amide bonds. The summed E-state index contributed by atoms with van der Waals surface area (Å²) in [5.41, 5.74) is 1.94. The topological polar surface area (TPSA) is 53.9 Å². The number of likely N-dealkylation sites (tertiary alicyclic amines) is 1. The number of benzene rings is 1. The first-order valence-electron chi connectivity index (χ1n) is 8.63. The number of piperidine rings is 1. The summed E-state index contributed by atoms with van der Waals surface area (Å²) >= 11 is 0. The van der Waals surface area contributed by atoms with Gasteiger partial charge in [0.25, 0.3) is 0 Å². The van der Waals surface area contributed by atoms with Crippen LogP contribution in [0.5, 0.6) is 0 Å². The van der Waals surface area contributed by atoms with Gasteiger partial charge in [0.15, 0.2) is 0 Å². The molecular formula is C18H24F3N3O2. The van der Waals surface area contributed by atoms with Crippen LogP contribution in [0.2, 0.25) is 0 Å². The van der Waals surface area contributed by atoms with E-state index in [4.69, 9.17) is 4.74 Å². The van der Waals surface area contributed by atoms with Crippen LogP contribution >= 0.6 is 0 Å².